The van der Waals surface area contributed by atoms with E-state index in [-0.39, 0.29) is 12.1 Å². The Bertz CT molecular complexity index is 728. The zero-order valence-electron chi connectivity index (χ0n) is 14.4. The summed E-state index contributed by atoms with van der Waals surface area (Å²) in [5.74, 6) is 1.51. The van der Waals surface area contributed by atoms with Crippen LogP contribution in [0.5, 0.6) is 0 Å². The van der Waals surface area contributed by atoms with Crippen LogP contribution in [0.15, 0.2) is 22.8 Å². The Kier molecular flexibility index (Phi) is 4.76. The minimum absolute atomic E-state index is 0.113. The summed E-state index contributed by atoms with van der Waals surface area (Å²) in [6.45, 7) is 3.81. The molecule has 1 fully saturated rings. The van der Waals surface area contributed by atoms with E-state index in [9.17, 15) is 4.79 Å². The molecule has 2 atom stereocenters. The standard InChI is InChI=1S/C18H23N3O3S/c1-2-12-5-6-13-16(10-12)25-17(19-13)20-18(22)21-7-9-24-15(11-21)14-4-3-8-23-14/h3-4,8,12,15H,2,5-7,9-11H2,1H3,(H,19,20,22). The number of rotatable bonds is 3. The Morgan fingerprint density at radius 2 is 2.44 bits per heavy atom. The molecule has 4 rings (SSSR count). The van der Waals surface area contributed by atoms with E-state index in [2.05, 4.69) is 17.2 Å². The lowest BCUT2D eigenvalue weighted by Gasteiger charge is -2.31. The summed E-state index contributed by atoms with van der Waals surface area (Å²) in [5.41, 5.74) is 1.17. The van der Waals surface area contributed by atoms with E-state index in [0.29, 0.717) is 24.8 Å². The van der Waals surface area contributed by atoms with Crippen LogP contribution in [-0.4, -0.2) is 35.6 Å². The highest BCUT2D eigenvalue weighted by molar-refractivity contribution is 7.15. The second-order valence-corrected chi connectivity index (χ2v) is 7.74. The number of carbonyl (C=O) groups excluding carboxylic acids is 1. The number of furan rings is 1. The minimum atomic E-state index is -0.204. The Morgan fingerprint density at radius 1 is 1.52 bits per heavy atom. The van der Waals surface area contributed by atoms with Gasteiger partial charge in [0, 0.05) is 11.4 Å². The highest BCUT2D eigenvalue weighted by Crippen LogP contribution is 2.33. The van der Waals surface area contributed by atoms with Gasteiger partial charge in [0.15, 0.2) is 5.13 Å². The van der Waals surface area contributed by atoms with Crippen molar-refractivity contribution in [2.75, 3.05) is 25.0 Å². The fourth-order valence-electron chi connectivity index (χ4n) is 3.50. The van der Waals surface area contributed by atoms with Crippen molar-refractivity contribution >= 4 is 22.5 Å². The predicted octanol–water partition coefficient (Wildman–Crippen LogP) is 3.86. The largest absolute Gasteiger partial charge is 0.467 e. The summed E-state index contributed by atoms with van der Waals surface area (Å²) >= 11 is 1.63. The second kappa shape index (κ2) is 7.17. The number of nitrogens with zero attached hydrogens (tertiary/aromatic N) is 2. The molecular weight excluding hydrogens is 338 g/mol. The molecule has 1 aliphatic carbocycles. The van der Waals surface area contributed by atoms with Gasteiger partial charge in [-0.25, -0.2) is 9.78 Å². The molecule has 1 N–H and O–H groups in total. The van der Waals surface area contributed by atoms with Gasteiger partial charge in [0.2, 0.25) is 0 Å². The first kappa shape index (κ1) is 16.6. The van der Waals surface area contributed by atoms with E-state index < -0.39 is 0 Å². The van der Waals surface area contributed by atoms with Crippen LogP contribution in [0.3, 0.4) is 0 Å². The number of hydrogen-bond acceptors (Lipinski definition) is 5. The molecule has 0 saturated carbocycles. The van der Waals surface area contributed by atoms with Gasteiger partial charge in [0.25, 0.3) is 0 Å². The van der Waals surface area contributed by atoms with Crippen LogP contribution in [-0.2, 0) is 17.6 Å². The Hall–Kier alpha value is -1.86. The lowest BCUT2D eigenvalue weighted by atomic mass is 9.89. The number of aryl methyl sites for hydroxylation is 1. The topological polar surface area (TPSA) is 67.6 Å². The quantitative estimate of drug-likeness (QED) is 0.901. The number of thiazole rings is 1. The molecule has 2 unspecified atom stereocenters. The molecule has 2 aliphatic rings. The number of aromatic nitrogens is 1. The van der Waals surface area contributed by atoms with Crippen LogP contribution in [0.2, 0.25) is 0 Å². The molecule has 0 radical (unpaired) electrons. The molecule has 0 spiro atoms. The molecule has 2 amide bonds. The lowest BCUT2D eigenvalue weighted by Crippen LogP contribution is -2.44. The molecule has 134 valence electrons. The predicted molar refractivity (Wildman–Crippen MR) is 95.9 cm³/mol. The fraction of sp³-hybridized carbons (Fsp3) is 0.556. The van der Waals surface area contributed by atoms with Crippen LogP contribution in [0.25, 0.3) is 0 Å². The van der Waals surface area contributed by atoms with Crippen molar-refractivity contribution in [3.63, 3.8) is 0 Å². The minimum Gasteiger partial charge on any atom is -0.467 e. The molecule has 25 heavy (non-hydrogen) atoms. The molecular formula is C18H23N3O3S. The van der Waals surface area contributed by atoms with Crippen molar-refractivity contribution < 1.29 is 13.9 Å². The first-order valence-electron chi connectivity index (χ1n) is 8.92. The average molecular weight is 361 g/mol. The van der Waals surface area contributed by atoms with Gasteiger partial charge < -0.3 is 14.1 Å². The first-order valence-corrected chi connectivity index (χ1v) is 9.74. The third-order valence-corrected chi connectivity index (χ3v) is 6.08. The molecule has 0 bridgehead atoms. The van der Waals surface area contributed by atoms with E-state index in [0.717, 1.165) is 24.5 Å². The van der Waals surface area contributed by atoms with Gasteiger partial charge in [0.1, 0.15) is 11.9 Å². The van der Waals surface area contributed by atoms with Gasteiger partial charge in [-0.1, -0.05) is 13.3 Å². The summed E-state index contributed by atoms with van der Waals surface area (Å²) in [6.07, 6.45) is 5.96. The molecule has 2 aromatic rings. The SMILES string of the molecule is CCC1CCc2nc(NC(=O)N3CCOC(c4ccco4)C3)sc2C1. The molecule has 1 saturated heterocycles. The summed E-state index contributed by atoms with van der Waals surface area (Å²) in [4.78, 5) is 20.4. The third-order valence-electron chi connectivity index (χ3n) is 5.05. The summed E-state index contributed by atoms with van der Waals surface area (Å²) in [5, 5.41) is 3.69. The van der Waals surface area contributed by atoms with Crippen LogP contribution >= 0.6 is 11.3 Å². The molecule has 7 heteroatoms. The molecule has 0 aromatic carbocycles. The van der Waals surface area contributed by atoms with Crippen LogP contribution < -0.4 is 5.32 Å². The normalized spacial score (nSPS) is 23.3. The molecule has 1 aliphatic heterocycles. The number of amides is 2. The van der Waals surface area contributed by atoms with Gasteiger partial charge in [-0.3, -0.25) is 5.32 Å². The van der Waals surface area contributed by atoms with Crippen molar-refractivity contribution in [3.8, 4) is 0 Å². The van der Waals surface area contributed by atoms with Crippen LogP contribution in [0.4, 0.5) is 9.93 Å². The summed E-state index contributed by atoms with van der Waals surface area (Å²) in [6, 6.07) is 3.60. The Morgan fingerprint density at radius 3 is 3.24 bits per heavy atom. The monoisotopic (exact) mass is 361 g/mol. The van der Waals surface area contributed by atoms with Crippen molar-refractivity contribution in [2.24, 2.45) is 5.92 Å². The van der Waals surface area contributed by atoms with Gasteiger partial charge in [-0.05, 0) is 37.3 Å². The zero-order chi connectivity index (χ0) is 17.2. The maximum absolute atomic E-state index is 12.6. The van der Waals surface area contributed by atoms with E-state index in [1.807, 2.05) is 12.1 Å². The molecule has 6 nitrogen and oxygen atoms in total. The third kappa shape index (κ3) is 3.57. The van der Waals surface area contributed by atoms with Gasteiger partial charge in [0.05, 0.1) is 25.1 Å². The van der Waals surface area contributed by atoms with E-state index in [1.165, 1.54) is 23.4 Å². The highest BCUT2D eigenvalue weighted by atomic mass is 32.1. The Labute approximate surface area is 151 Å². The zero-order valence-corrected chi connectivity index (χ0v) is 15.2. The van der Waals surface area contributed by atoms with Crippen molar-refractivity contribution in [1.29, 1.82) is 0 Å². The van der Waals surface area contributed by atoms with E-state index >= 15 is 0 Å². The van der Waals surface area contributed by atoms with Crippen LogP contribution in [0, 0.1) is 5.92 Å². The maximum Gasteiger partial charge on any atom is 0.323 e. The number of nitrogens with one attached hydrogen (secondary N) is 1. The summed E-state index contributed by atoms with van der Waals surface area (Å²) in [7, 11) is 0. The number of anilines is 1. The first-order chi connectivity index (χ1) is 12.2. The summed E-state index contributed by atoms with van der Waals surface area (Å²) < 4.78 is 11.1. The van der Waals surface area contributed by atoms with Crippen molar-refractivity contribution in [2.45, 2.75) is 38.7 Å². The maximum atomic E-state index is 12.6. The number of hydrogen-bond donors (Lipinski definition) is 1. The van der Waals surface area contributed by atoms with Gasteiger partial charge in [-0.15, -0.1) is 11.3 Å². The number of urea groups is 1. The van der Waals surface area contributed by atoms with Gasteiger partial charge >= 0.3 is 6.03 Å². The van der Waals surface area contributed by atoms with Crippen molar-refractivity contribution in [1.82, 2.24) is 9.88 Å². The van der Waals surface area contributed by atoms with Gasteiger partial charge in [-0.2, -0.15) is 0 Å². The number of ether oxygens (including phenoxy) is 1. The average Bonchev–Trinajstić information content (AvgIpc) is 3.30. The Balaban J connectivity index is 1.39. The van der Waals surface area contributed by atoms with Crippen LogP contribution in [0.1, 0.15) is 42.2 Å². The van der Waals surface area contributed by atoms with E-state index in [1.54, 1.807) is 22.5 Å². The number of carbonyl (C=O) groups is 1. The molecule has 2 aromatic heterocycles. The second-order valence-electron chi connectivity index (χ2n) is 6.66. The lowest BCUT2D eigenvalue weighted by molar-refractivity contribution is -0.0242. The van der Waals surface area contributed by atoms with Crippen molar-refractivity contribution in [3.05, 3.63) is 34.7 Å². The smallest absolute Gasteiger partial charge is 0.323 e. The highest BCUT2D eigenvalue weighted by Gasteiger charge is 2.28. The van der Waals surface area contributed by atoms with E-state index in [4.69, 9.17) is 9.15 Å². The number of morpholine rings is 1. The fourth-order valence-corrected chi connectivity index (χ4v) is 4.61. The number of fused-ring (bicyclic) bond motifs is 1. The molecule has 3 heterocycles.